The van der Waals surface area contributed by atoms with Crippen molar-refractivity contribution in [1.29, 1.82) is 0 Å². The first-order valence-electron chi connectivity index (χ1n) is 8.50. The number of rotatable bonds is 8. The van der Waals surface area contributed by atoms with E-state index in [1.807, 2.05) is 24.8 Å². The number of methoxy groups -OCH3 is 1. The third-order valence-electron chi connectivity index (χ3n) is 4.62. The molecule has 0 amide bonds. The van der Waals surface area contributed by atoms with Crippen LogP contribution >= 0.6 is 11.8 Å². The molecule has 22 heavy (non-hydrogen) atoms. The predicted molar refractivity (Wildman–Crippen MR) is 93.4 cm³/mol. The average molecular weight is 320 g/mol. The average Bonchev–Trinajstić information content (AvgIpc) is 2.59. The first kappa shape index (κ1) is 17.6. The van der Waals surface area contributed by atoms with Gasteiger partial charge in [0.2, 0.25) is 0 Å². The van der Waals surface area contributed by atoms with Gasteiger partial charge in [0, 0.05) is 30.1 Å². The highest BCUT2D eigenvalue weighted by molar-refractivity contribution is 8.00. The molecule has 0 saturated heterocycles. The highest BCUT2D eigenvalue weighted by Crippen LogP contribution is 2.39. The van der Waals surface area contributed by atoms with Gasteiger partial charge in [0.05, 0.1) is 6.10 Å². The van der Waals surface area contributed by atoms with Crippen LogP contribution in [0, 0.1) is 5.92 Å². The summed E-state index contributed by atoms with van der Waals surface area (Å²) in [5.74, 6) is 0.967. The minimum Gasteiger partial charge on any atom is -0.380 e. The molecule has 1 aromatic rings. The zero-order chi connectivity index (χ0) is 15.8. The van der Waals surface area contributed by atoms with Crippen LogP contribution < -0.4 is 0 Å². The Kier molecular flexibility index (Phi) is 7.47. The Hall–Kier alpha value is -0.800. The van der Waals surface area contributed by atoms with Crippen molar-refractivity contribution in [3.8, 4) is 0 Å². The Balaban J connectivity index is 2.13. The maximum Gasteiger partial charge on any atom is 0.135 e. The fraction of sp³-hybridized carbons (Fsp3) is 0.632. The van der Waals surface area contributed by atoms with Gasteiger partial charge in [0.25, 0.3) is 0 Å². The molecule has 2 atom stereocenters. The van der Waals surface area contributed by atoms with Crippen LogP contribution in [0.1, 0.15) is 51.9 Å². The molecule has 1 aromatic carbocycles. The summed E-state index contributed by atoms with van der Waals surface area (Å²) < 4.78 is 5.77. The van der Waals surface area contributed by atoms with Gasteiger partial charge in [0.1, 0.15) is 5.78 Å². The van der Waals surface area contributed by atoms with Gasteiger partial charge in [-0.1, -0.05) is 44.4 Å². The van der Waals surface area contributed by atoms with E-state index in [0.717, 1.165) is 0 Å². The molecule has 0 aromatic heterocycles. The highest BCUT2D eigenvalue weighted by Gasteiger charge is 2.32. The van der Waals surface area contributed by atoms with Crippen LogP contribution in [-0.4, -0.2) is 24.2 Å². The van der Waals surface area contributed by atoms with E-state index in [4.69, 9.17) is 4.74 Å². The molecule has 2 rings (SSSR count). The second kappa shape index (κ2) is 9.36. The van der Waals surface area contributed by atoms with Gasteiger partial charge in [-0.15, -0.1) is 11.8 Å². The normalized spacial score (nSPS) is 18.8. The number of hydrogen-bond acceptors (Lipinski definition) is 3. The van der Waals surface area contributed by atoms with E-state index in [0.29, 0.717) is 29.8 Å². The predicted octanol–water partition coefficient (Wildman–Crippen LogP) is 5.11. The number of carbonyl (C=O) groups excluding carboxylic acids is 1. The van der Waals surface area contributed by atoms with Crippen molar-refractivity contribution in [1.82, 2.24) is 0 Å². The maximum atomic E-state index is 11.9. The van der Waals surface area contributed by atoms with Crippen molar-refractivity contribution in [2.24, 2.45) is 5.92 Å². The SMILES string of the molecule is CCC(=O)CC(OC)C(Sc1ccccc1)C1CCCCC1. The Bertz CT molecular complexity index is 440. The molecule has 2 unspecified atom stereocenters. The van der Waals surface area contributed by atoms with Crippen LogP contribution in [0.5, 0.6) is 0 Å². The van der Waals surface area contributed by atoms with Crippen LogP contribution in [0.4, 0.5) is 0 Å². The van der Waals surface area contributed by atoms with Crippen molar-refractivity contribution >= 4 is 17.5 Å². The quantitative estimate of drug-likeness (QED) is 0.622. The standard InChI is InChI=1S/C19H28O2S/c1-3-16(20)14-18(21-2)19(15-10-6-4-7-11-15)22-17-12-8-5-9-13-17/h5,8-9,12-13,15,18-19H,3-4,6-7,10-11,14H2,1-2H3. The number of hydrogen-bond donors (Lipinski definition) is 0. The topological polar surface area (TPSA) is 26.3 Å². The zero-order valence-corrected chi connectivity index (χ0v) is 14.6. The van der Waals surface area contributed by atoms with E-state index in [-0.39, 0.29) is 6.10 Å². The van der Waals surface area contributed by atoms with Crippen LogP contribution in [0.25, 0.3) is 0 Å². The Morgan fingerprint density at radius 2 is 1.91 bits per heavy atom. The molecule has 0 bridgehead atoms. The third kappa shape index (κ3) is 5.13. The van der Waals surface area contributed by atoms with Crippen molar-refractivity contribution in [2.45, 2.75) is 68.1 Å². The Labute approximate surface area is 139 Å². The molecule has 3 heteroatoms. The van der Waals surface area contributed by atoms with E-state index >= 15 is 0 Å². The first-order chi connectivity index (χ1) is 10.7. The molecule has 1 fully saturated rings. The number of thioether (sulfide) groups is 1. The lowest BCUT2D eigenvalue weighted by atomic mass is 9.84. The lowest BCUT2D eigenvalue weighted by Gasteiger charge is -2.34. The summed E-state index contributed by atoms with van der Waals surface area (Å²) in [5.41, 5.74) is 0. The second-order valence-electron chi connectivity index (χ2n) is 6.16. The molecule has 0 N–H and O–H groups in total. The van der Waals surface area contributed by atoms with Gasteiger partial charge < -0.3 is 4.74 Å². The molecule has 0 spiro atoms. The Morgan fingerprint density at radius 1 is 1.23 bits per heavy atom. The highest BCUT2D eigenvalue weighted by atomic mass is 32.2. The number of ketones is 1. The van der Waals surface area contributed by atoms with Crippen LogP contribution in [0.2, 0.25) is 0 Å². The van der Waals surface area contributed by atoms with E-state index in [2.05, 4.69) is 24.3 Å². The largest absolute Gasteiger partial charge is 0.380 e. The molecule has 2 nitrogen and oxygen atoms in total. The van der Waals surface area contributed by atoms with E-state index in [1.165, 1.54) is 37.0 Å². The van der Waals surface area contributed by atoms with Gasteiger partial charge in [0.15, 0.2) is 0 Å². The smallest absolute Gasteiger partial charge is 0.135 e. The monoisotopic (exact) mass is 320 g/mol. The van der Waals surface area contributed by atoms with Crippen molar-refractivity contribution in [2.75, 3.05) is 7.11 Å². The summed E-state index contributed by atoms with van der Waals surface area (Å²) in [6.07, 6.45) is 7.70. The molecule has 122 valence electrons. The molecule has 0 radical (unpaired) electrons. The third-order valence-corrected chi connectivity index (χ3v) is 6.13. The van der Waals surface area contributed by atoms with Gasteiger partial charge in [-0.3, -0.25) is 4.79 Å². The van der Waals surface area contributed by atoms with Crippen molar-refractivity contribution in [3.63, 3.8) is 0 Å². The van der Waals surface area contributed by atoms with Gasteiger partial charge >= 0.3 is 0 Å². The zero-order valence-electron chi connectivity index (χ0n) is 13.8. The number of benzene rings is 1. The van der Waals surface area contributed by atoms with E-state index in [1.54, 1.807) is 7.11 Å². The van der Waals surface area contributed by atoms with Crippen molar-refractivity contribution < 1.29 is 9.53 Å². The fourth-order valence-electron chi connectivity index (χ4n) is 3.30. The summed E-state index contributed by atoms with van der Waals surface area (Å²) in [7, 11) is 1.76. The van der Waals surface area contributed by atoms with E-state index in [9.17, 15) is 4.79 Å². The van der Waals surface area contributed by atoms with Gasteiger partial charge in [-0.2, -0.15) is 0 Å². The molecule has 1 aliphatic rings. The van der Waals surface area contributed by atoms with Gasteiger partial charge in [-0.05, 0) is 30.9 Å². The summed E-state index contributed by atoms with van der Waals surface area (Å²) >= 11 is 1.90. The Morgan fingerprint density at radius 3 is 2.50 bits per heavy atom. The van der Waals surface area contributed by atoms with E-state index < -0.39 is 0 Å². The molecular weight excluding hydrogens is 292 g/mol. The van der Waals surface area contributed by atoms with Crippen molar-refractivity contribution in [3.05, 3.63) is 30.3 Å². The van der Waals surface area contributed by atoms with Crippen LogP contribution in [0.15, 0.2) is 35.2 Å². The fourth-order valence-corrected chi connectivity index (χ4v) is 4.75. The summed E-state index contributed by atoms with van der Waals surface area (Å²) in [4.78, 5) is 13.2. The molecule has 0 aliphatic heterocycles. The second-order valence-corrected chi connectivity index (χ2v) is 7.42. The molecule has 0 heterocycles. The minimum atomic E-state index is 0.0285. The van der Waals surface area contributed by atoms with Gasteiger partial charge in [-0.25, -0.2) is 0 Å². The lowest BCUT2D eigenvalue weighted by Crippen LogP contribution is -2.35. The minimum absolute atomic E-state index is 0.0285. The first-order valence-corrected chi connectivity index (χ1v) is 9.38. The summed E-state index contributed by atoms with van der Waals surface area (Å²) in [5, 5.41) is 0.378. The molecular formula is C19H28O2S. The number of Topliss-reactive ketones (excluding diaryl/α,β-unsaturated/α-hetero) is 1. The maximum absolute atomic E-state index is 11.9. The van der Waals surface area contributed by atoms with Crippen LogP contribution in [-0.2, 0) is 9.53 Å². The number of carbonyl (C=O) groups is 1. The van der Waals surface area contributed by atoms with Crippen LogP contribution in [0.3, 0.4) is 0 Å². The number of ether oxygens (including phenoxy) is 1. The molecule has 1 aliphatic carbocycles. The lowest BCUT2D eigenvalue weighted by molar-refractivity contribution is -0.121. The molecule has 1 saturated carbocycles. The summed E-state index contributed by atoms with van der Waals surface area (Å²) in [6, 6.07) is 10.5. The summed E-state index contributed by atoms with van der Waals surface area (Å²) in [6.45, 7) is 1.94.